The van der Waals surface area contributed by atoms with Crippen molar-refractivity contribution in [3.8, 4) is 56.4 Å². The molecule has 4 nitrogen and oxygen atoms in total. The first-order chi connectivity index (χ1) is 22.6. The van der Waals surface area contributed by atoms with Gasteiger partial charge < -0.3 is 19.7 Å². The van der Waals surface area contributed by atoms with Crippen LogP contribution in [-0.2, 0) is 0 Å². The third-order valence-corrected chi connectivity index (χ3v) is 9.05. The molecule has 0 heterocycles. The van der Waals surface area contributed by atoms with Gasteiger partial charge in [0.25, 0.3) is 0 Å². The van der Waals surface area contributed by atoms with E-state index in [2.05, 4.69) is 54.6 Å². The van der Waals surface area contributed by atoms with E-state index in [1.54, 1.807) is 26.4 Å². The monoisotopic (exact) mass is 598 g/mol. The van der Waals surface area contributed by atoms with Crippen molar-refractivity contribution in [1.82, 2.24) is 0 Å². The molecule has 0 saturated carbocycles. The van der Waals surface area contributed by atoms with E-state index in [0.29, 0.717) is 11.1 Å². The summed E-state index contributed by atoms with van der Waals surface area (Å²) in [7, 11) is 3.41. The Bertz CT molecular complexity index is 2480. The van der Waals surface area contributed by atoms with Crippen molar-refractivity contribution in [3.63, 3.8) is 0 Å². The third-order valence-electron chi connectivity index (χ3n) is 9.05. The maximum Gasteiger partial charge on any atom is 0.127 e. The number of aromatic hydroxyl groups is 2. The Morgan fingerprint density at radius 1 is 0.370 bits per heavy atom. The molecule has 0 bridgehead atoms. The molecule has 0 unspecified atom stereocenters. The minimum absolute atomic E-state index is 0.128. The Labute approximate surface area is 266 Å². The fraction of sp³-hybridized carbons (Fsp3) is 0.0476. The molecule has 46 heavy (non-hydrogen) atoms. The summed E-state index contributed by atoms with van der Waals surface area (Å²) in [5, 5.41) is 30.2. The summed E-state index contributed by atoms with van der Waals surface area (Å²) in [5.41, 5.74) is 5.37. The van der Waals surface area contributed by atoms with Gasteiger partial charge in [0.15, 0.2) is 0 Å². The summed E-state index contributed by atoms with van der Waals surface area (Å²) in [5.74, 6) is 1.83. The smallest absolute Gasteiger partial charge is 0.127 e. The number of methoxy groups -OCH3 is 2. The average molecular weight is 599 g/mol. The van der Waals surface area contributed by atoms with Crippen LogP contribution < -0.4 is 9.47 Å². The third kappa shape index (κ3) is 4.30. The molecular formula is C42H30O4. The normalized spacial score (nSPS) is 11.4. The number of rotatable bonds is 5. The largest absolute Gasteiger partial charge is 0.507 e. The van der Waals surface area contributed by atoms with Gasteiger partial charge in [0.2, 0.25) is 0 Å². The van der Waals surface area contributed by atoms with Crippen LogP contribution in [0.15, 0.2) is 133 Å². The zero-order valence-corrected chi connectivity index (χ0v) is 25.4. The Morgan fingerprint density at radius 2 is 0.761 bits per heavy atom. The van der Waals surface area contributed by atoms with Crippen LogP contribution >= 0.6 is 0 Å². The van der Waals surface area contributed by atoms with Gasteiger partial charge in [-0.1, -0.05) is 97.1 Å². The standard InChI is InChI=1S/C42H30O4/c1-45-37-21-15-26-8-4-6-10-32(26)41(37)42-34-18-12-28(24-30(34)16-22-38(42)46-2)27-11-17-33-29(23-27)14-20-36(44)40(33)39-31-9-5-3-7-25(31)13-19-35(39)43/h3-24,43-44H,1-2H3. The van der Waals surface area contributed by atoms with Gasteiger partial charge in [0, 0.05) is 22.3 Å². The molecular weight excluding hydrogens is 568 g/mol. The highest BCUT2D eigenvalue weighted by atomic mass is 16.5. The Balaban J connectivity index is 1.30. The van der Waals surface area contributed by atoms with Gasteiger partial charge in [-0.3, -0.25) is 0 Å². The summed E-state index contributed by atoms with van der Waals surface area (Å²) >= 11 is 0. The average Bonchev–Trinajstić information content (AvgIpc) is 3.10. The lowest BCUT2D eigenvalue weighted by molar-refractivity contribution is 0.411. The van der Waals surface area contributed by atoms with Crippen LogP contribution in [0.4, 0.5) is 0 Å². The molecule has 0 aliphatic carbocycles. The van der Waals surface area contributed by atoms with Crippen molar-refractivity contribution in [3.05, 3.63) is 133 Å². The first kappa shape index (κ1) is 27.5. The Hall–Kier alpha value is -6.00. The maximum atomic E-state index is 11.1. The molecule has 222 valence electrons. The number of ether oxygens (including phenoxy) is 2. The molecule has 8 aromatic rings. The zero-order chi connectivity index (χ0) is 31.4. The Morgan fingerprint density at radius 3 is 1.28 bits per heavy atom. The number of benzene rings is 8. The highest BCUT2D eigenvalue weighted by Crippen LogP contribution is 2.47. The van der Waals surface area contributed by atoms with E-state index in [-0.39, 0.29) is 11.5 Å². The molecule has 0 saturated heterocycles. The topological polar surface area (TPSA) is 58.9 Å². The first-order valence-corrected chi connectivity index (χ1v) is 15.2. The lowest BCUT2D eigenvalue weighted by Crippen LogP contribution is -1.95. The molecule has 8 rings (SSSR count). The summed E-state index contributed by atoms with van der Waals surface area (Å²) in [6.07, 6.45) is 0. The molecule has 0 spiro atoms. The van der Waals surface area contributed by atoms with E-state index in [9.17, 15) is 10.2 Å². The van der Waals surface area contributed by atoms with Gasteiger partial charge in [-0.15, -0.1) is 0 Å². The summed E-state index contributed by atoms with van der Waals surface area (Å²) in [6.45, 7) is 0. The second-order valence-corrected chi connectivity index (χ2v) is 11.5. The summed E-state index contributed by atoms with van der Waals surface area (Å²) < 4.78 is 11.8. The predicted molar refractivity (Wildman–Crippen MR) is 189 cm³/mol. The van der Waals surface area contributed by atoms with E-state index in [1.165, 1.54) is 0 Å². The Kier molecular flexibility index (Phi) is 6.50. The van der Waals surface area contributed by atoms with Gasteiger partial charge in [-0.25, -0.2) is 0 Å². The van der Waals surface area contributed by atoms with Crippen LogP contribution in [0.25, 0.3) is 76.5 Å². The van der Waals surface area contributed by atoms with Gasteiger partial charge in [0.1, 0.15) is 23.0 Å². The highest BCUT2D eigenvalue weighted by molar-refractivity contribution is 6.12. The minimum atomic E-state index is 0.128. The van der Waals surface area contributed by atoms with Gasteiger partial charge in [-0.2, -0.15) is 0 Å². The lowest BCUT2D eigenvalue weighted by atomic mass is 9.89. The van der Waals surface area contributed by atoms with Crippen molar-refractivity contribution in [2.75, 3.05) is 14.2 Å². The molecule has 0 atom stereocenters. The van der Waals surface area contributed by atoms with Gasteiger partial charge in [0.05, 0.1) is 14.2 Å². The fourth-order valence-electron chi connectivity index (χ4n) is 6.88. The molecule has 0 fully saturated rings. The van der Waals surface area contributed by atoms with Crippen molar-refractivity contribution in [2.45, 2.75) is 0 Å². The van der Waals surface area contributed by atoms with Gasteiger partial charge in [-0.05, 0) is 90.6 Å². The van der Waals surface area contributed by atoms with Crippen molar-refractivity contribution < 1.29 is 19.7 Å². The molecule has 0 amide bonds. The molecule has 0 aliphatic rings. The van der Waals surface area contributed by atoms with E-state index in [1.807, 2.05) is 66.7 Å². The van der Waals surface area contributed by atoms with Crippen LogP contribution in [0.5, 0.6) is 23.0 Å². The fourth-order valence-corrected chi connectivity index (χ4v) is 6.88. The SMILES string of the molecule is COc1ccc2ccccc2c1-c1c(OC)ccc2cc(-c3ccc4c(-c5c(O)ccc6ccccc56)c(O)ccc4c3)ccc12. The van der Waals surface area contributed by atoms with Crippen molar-refractivity contribution >= 4 is 43.1 Å². The zero-order valence-electron chi connectivity index (χ0n) is 25.4. The molecule has 0 radical (unpaired) electrons. The number of phenolic OH excluding ortho intramolecular Hbond substituents is 2. The number of hydrogen-bond donors (Lipinski definition) is 2. The molecule has 0 aliphatic heterocycles. The van der Waals surface area contributed by atoms with Gasteiger partial charge >= 0.3 is 0 Å². The quantitative estimate of drug-likeness (QED) is 0.207. The highest BCUT2D eigenvalue weighted by Gasteiger charge is 2.20. The van der Waals surface area contributed by atoms with Crippen LogP contribution in [0.2, 0.25) is 0 Å². The molecule has 4 heteroatoms. The first-order valence-electron chi connectivity index (χ1n) is 15.2. The van der Waals surface area contributed by atoms with Crippen LogP contribution in [0.1, 0.15) is 0 Å². The van der Waals surface area contributed by atoms with E-state index < -0.39 is 0 Å². The minimum Gasteiger partial charge on any atom is -0.507 e. The van der Waals surface area contributed by atoms with E-state index >= 15 is 0 Å². The maximum absolute atomic E-state index is 11.1. The number of fused-ring (bicyclic) bond motifs is 4. The van der Waals surface area contributed by atoms with Crippen molar-refractivity contribution in [2.24, 2.45) is 0 Å². The number of phenols is 2. The van der Waals surface area contributed by atoms with E-state index in [0.717, 1.165) is 76.8 Å². The van der Waals surface area contributed by atoms with E-state index in [4.69, 9.17) is 9.47 Å². The summed E-state index contributed by atoms with van der Waals surface area (Å²) in [6, 6.07) is 44.4. The molecule has 2 N–H and O–H groups in total. The van der Waals surface area contributed by atoms with Crippen LogP contribution in [-0.4, -0.2) is 24.4 Å². The summed E-state index contributed by atoms with van der Waals surface area (Å²) in [4.78, 5) is 0. The second kappa shape index (κ2) is 10.9. The predicted octanol–water partition coefficient (Wildman–Crippen LogP) is 10.7. The van der Waals surface area contributed by atoms with Crippen LogP contribution in [0.3, 0.4) is 0 Å². The molecule has 8 aromatic carbocycles. The lowest BCUT2D eigenvalue weighted by Gasteiger charge is -2.18. The second-order valence-electron chi connectivity index (χ2n) is 11.5. The van der Waals surface area contributed by atoms with Crippen molar-refractivity contribution in [1.29, 1.82) is 0 Å². The number of hydrogen-bond acceptors (Lipinski definition) is 4. The van der Waals surface area contributed by atoms with Crippen LogP contribution in [0, 0.1) is 0 Å². The molecule has 0 aromatic heterocycles.